The molecule has 0 unspecified atom stereocenters. The Balaban J connectivity index is 3.40. The third-order valence-corrected chi connectivity index (χ3v) is 2.31. The van der Waals surface area contributed by atoms with Crippen LogP contribution in [0.3, 0.4) is 0 Å². The van der Waals surface area contributed by atoms with Crippen molar-refractivity contribution >= 4 is 5.78 Å². The van der Waals surface area contributed by atoms with Crippen LogP contribution in [0.25, 0.3) is 0 Å². The number of carbonyl (C=O) groups excluding carboxylic acids is 1. The Morgan fingerprint density at radius 2 is 2.13 bits per heavy atom. The predicted molar refractivity (Wildman–Crippen MR) is 58.2 cm³/mol. The van der Waals surface area contributed by atoms with Crippen LogP contribution in [-0.2, 0) is 6.42 Å². The van der Waals surface area contributed by atoms with Crippen molar-refractivity contribution in [2.24, 2.45) is 0 Å². The van der Waals surface area contributed by atoms with E-state index in [2.05, 4.69) is 4.98 Å². The molecule has 0 amide bonds. The fourth-order valence-corrected chi connectivity index (χ4v) is 1.62. The van der Waals surface area contributed by atoms with Gasteiger partial charge in [-0.2, -0.15) is 4.73 Å². The van der Waals surface area contributed by atoms with E-state index in [0.717, 1.165) is 17.9 Å². The van der Waals surface area contributed by atoms with Gasteiger partial charge in [0.25, 0.3) is 0 Å². The smallest absolute Gasteiger partial charge is 0.181 e. The van der Waals surface area contributed by atoms with Crippen molar-refractivity contribution in [1.29, 1.82) is 0 Å². The summed E-state index contributed by atoms with van der Waals surface area (Å²) in [5.41, 5.74) is 1.39. The Labute approximate surface area is 90.2 Å². The molecule has 0 aromatic carbocycles. The molecule has 4 heteroatoms. The highest BCUT2D eigenvalue weighted by atomic mass is 16.6. The summed E-state index contributed by atoms with van der Waals surface area (Å²) in [4.78, 5) is 21.2. The molecule has 1 aromatic heterocycles. The van der Waals surface area contributed by atoms with Gasteiger partial charge in [0.2, 0.25) is 0 Å². The van der Waals surface area contributed by atoms with Gasteiger partial charge in [-0.3, -0.25) is 4.79 Å². The lowest BCUT2D eigenvalue weighted by Gasteiger charge is -2.07. The van der Waals surface area contributed by atoms with E-state index in [1.165, 1.54) is 11.7 Å². The first-order valence-corrected chi connectivity index (χ1v) is 5.19. The topological polar surface area (TPSA) is 44.1 Å². The monoisotopic (exact) mass is 210 g/mol. The van der Waals surface area contributed by atoms with Crippen LogP contribution in [0.1, 0.15) is 55.6 Å². The first-order chi connectivity index (χ1) is 7.02. The molecule has 0 atom stereocenters. The molecule has 1 rings (SSSR count). The molecule has 0 spiro atoms. The van der Waals surface area contributed by atoms with Crippen LogP contribution in [0.2, 0.25) is 0 Å². The van der Waals surface area contributed by atoms with Gasteiger partial charge in [-0.1, -0.05) is 20.8 Å². The number of hydrogen-bond donors (Lipinski definition) is 0. The second-order valence-corrected chi connectivity index (χ2v) is 3.80. The molecule has 0 aliphatic heterocycles. The van der Waals surface area contributed by atoms with E-state index in [9.17, 15) is 4.79 Å². The molecule has 0 fully saturated rings. The van der Waals surface area contributed by atoms with E-state index in [0.29, 0.717) is 5.69 Å². The number of aryl methyl sites for hydroxylation is 1. The summed E-state index contributed by atoms with van der Waals surface area (Å²) in [5.74, 6) is 1.02. The van der Waals surface area contributed by atoms with Crippen LogP contribution >= 0.6 is 0 Å². The van der Waals surface area contributed by atoms with Gasteiger partial charge in [-0.25, -0.2) is 4.98 Å². The minimum absolute atomic E-state index is 0.00671. The van der Waals surface area contributed by atoms with E-state index in [4.69, 9.17) is 4.84 Å². The van der Waals surface area contributed by atoms with Crippen molar-refractivity contribution < 1.29 is 9.63 Å². The summed E-state index contributed by atoms with van der Waals surface area (Å²) in [6.07, 6.45) is 0.751. The van der Waals surface area contributed by atoms with Crippen LogP contribution in [0.15, 0.2) is 0 Å². The molecule has 15 heavy (non-hydrogen) atoms. The Morgan fingerprint density at radius 3 is 2.47 bits per heavy atom. The van der Waals surface area contributed by atoms with E-state index in [1.807, 2.05) is 20.8 Å². The number of rotatable bonds is 4. The maximum atomic E-state index is 11.5. The zero-order chi connectivity index (χ0) is 11.6. The van der Waals surface area contributed by atoms with Crippen LogP contribution in [0.4, 0.5) is 0 Å². The average molecular weight is 210 g/mol. The number of hydrogen-bond acceptors (Lipinski definition) is 3. The first kappa shape index (κ1) is 11.8. The van der Waals surface area contributed by atoms with Gasteiger partial charge >= 0.3 is 0 Å². The highest BCUT2D eigenvalue weighted by Crippen LogP contribution is 2.20. The quantitative estimate of drug-likeness (QED) is 0.712. The molecular weight excluding hydrogens is 192 g/mol. The lowest BCUT2D eigenvalue weighted by atomic mass is 10.1. The SMILES string of the molecule is CCc1nc(C(C)C)c(C(C)=O)n1OC. The van der Waals surface area contributed by atoms with Crippen molar-refractivity contribution in [1.82, 2.24) is 9.71 Å². The standard InChI is InChI=1S/C11H18N2O2/c1-6-9-12-10(7(2)3)11(8(4)14)13(9)15-5/h7H,6H2,1-5H3. The zero-order valence-electron chi connectivity index (χ0n) is 10.00. The Bertz CT molecular complexity index is 367. The molecule has 0 saturated carbocycles. The van der Waals surface area contributed by atoms with Gasteiger partial charge in [0, 0.05) is 13.3 Å². The summed E-state index contributed by atoms with van der Waals surface area (Å²) in [6.45, 7) is 7.58. The van der Waals surface area contributed by atoms with Crippen LogP contribution in [0.5, 0.6) is 0 Å². The highest BCUT2D eigenvalue weighted by Gasteiger charge is 2.22. The molecule has 0 aliphatic rings. The van der Waals surface area contributed by atoms with E-state index < -0.39 is 0 Å². The zero-order valence-corrected chi connectivity index (χ0v) is 10.00. The lowest BCUT2D eigenvalue weighted by Crippen LogP contribution is -2.16. The Kier molecular flexibility index (Phi) is 3.50. The molecule has 0 radical (unpaired) electrons. The minimum Gasteiger partial charge on any atom is -0.415 e. The second-order valence-electron chi connectivity index (χ2n) is 3.80. The van der Waals surface area contributed by atoms with Crippen LogP contribution in [0, 0.1) is 0 Å². The third kappa shape index (κ3) is 2.03. The van der Waals surface area contributed by atoms with Crippen molar-refractivity contribution in [2.75, 3.05) is 7.11 Å². The van der Waals surface area contributed by atoms with Gasteiger partial charge in [0.05, 0.1) is 5.69 Å². The van der Waals surface area contributed by atoms with Gasteiger partial charge < -0.3 is 4.84 Å². The summed E-state index contributed by atoms with van der Waals surface area (Å²) >= 11 is 0. The molecule has 0 saturated heterocycles. The van der Waals surface area contributed by atoms with E-state index in [-0.39, 0.29) is 11.7 Å². The van der Waals surface area contributed by atoms with Crippen LogP contribution in [-0.4, -0.2) is 22.6 Å². The Hall–Kier alpha value is -1.32. The van der Waals surface area contributed by atoms with E-state index in [1.54, 1.807) is 7.11 Å². The van der Waals surface area contributed by atoms with Gasteiger partial charge in [0.15, 0.2) is 5.78 Å². The molecular formula is C11H18N2O2. The van der Waals surface area contributed by atoms with Gasteiger partial charge in [0.1, 0.15) is 18.6 Å². The predicted octanol–water partition coefficient (Wildman–Crippen LogP) is 1.83. The number of ketones is 1. The van der Waals surface area contributed by atoms with Crippen molar-refractivity contribution in [3.05, 3.63) is 17.2 Å². The number of Topliss-reactive ketones (excluding diaryl/α,β-unsaturated/α-hetero) is 1. The number of carbonyl (C=O) groups is 1. The summed E-state index contributed by atoms with van der Waals surface area (Å²) in [7, 11) is 1.55. The number of nitrogens with zero attached hydrogens (tertiary/aromatic N) is 2. The molecule has 1 aromatic rings. The molecule has 84 valence electrons. The number of aromatic nitrogens is 2. The van der Waals surface area contributed by atoms with Gasteiger partial charge in [-0.05, 0) is 5.92 Å². The molecule has 4 nitrogen and oxygen atoms in total. The third-order valence-electron chi connectivity index (χ3n) is 2.31. The van der Waals surface area contributed by atoms with E-state index >= 15 is 0 Å². The molecule has 0 N–H and O–H groups in total. The lowest BCUT2D eigenvalue weighted by molar-refractivity contribution is 0.0946. The summed E-state index contributed by atoms with van der Waals surface area (Å²) in [6, 6.07) is 0. The maximum absolute atomic E-state index is 11.5. The Morgan fingerprint density at radius 1 is 1.53 bits per heavy atom. The highest BCUT2D eigenvalue weighted by molar-refractivity contribution is 5.93. The molecule has 1 heterocycles. The van der Waals surface area contributed by atoms with Gasteiger partial charge in [-0.15, -0.1) is 0 Å². The molecule has 0 bridgehead atoms. The second kappa shape index (κ2) is 4.47. The maximum Gasteiger partial charge on any atom is 0.181 e. The fourth-order valence-electron chi connectivity index (χ4n) is 1.62. The summed E-state index contributed by atoms with van der Waals surface area (Å²) < 4.78 is 1.54. The fraction of sp³-hybridized carbons (Fsp3) is 0.636. The summed E-state index contributed by atoms with van der Waals surface area (Å²) in [5, 5.41) is 0. The normalized spacial score (nSPS) is 10.8. The van der Waals surface area contributed by atoms with Crippen LogP contribution < -0.4 is 4.84 Å². The average Bonchev–Trinajstić information content (AvgIpc) is 2.55. The number of imidazole rings is 1. The van der Waals surface area contributed by atoms with Crippen molar-refractivity contribution in [2.45, 2.75) is 40.0 Å². The largest absolute Gasteiger partial charge is 0.415 e. The first-order valence-electron chi connectivity index (χ1n) is 5.19. The van der Waals surface area contributed by atoms with Crippen molar-refractivity contribution in [3.63, 3.8) is 0 Å². The van der Waals surface area contributed by atoms with Crippen molar-refractivity contribution in [3.8, 4) is 0 Å². The molecule has 0 aliphatic carbocycles. The minimum atomic E-state index is -0.00671.